The van der Waals surface area contributed by atoms with E-state index >= 15 is 0 Å². The minimum atomic E-state index is 0.821. The fraction of sp³-hybridized carbons (Fsp3) is 0.727. The zero-order valence-corrected chi connectivity index (χ0v) is 14.6. The van der Waals surface area contributed by atoms with Gasteiger partial charge in [0.1, 0.15) is 0 Å². The lowest BCUT2D eigenvalue weighted by molar-refractivity contribution is -0.124. The van der Waals surface area contributed by atoms with E-state index < -0.39 is 0 Å². The third-order valence-electron chi connectivity index (χ3n) is 7.42. The second-order valence-electron chi connectivity index (χ2n) is 9.06. The molecule has 119 valence electrons. The Morgan fingerprint density at radius 1 is 0.818 bits per heavy atom. The van der Waals surface area contributed by atoms with Crippen molar-refractivity contribution < 1.29 is 0 Å². The molecule has 0 saturated heterocycles. The van der Waals surface area contributed by atoms with Crippen molar-refractivity contribution in [3.8, 4) is 0 Å². The van der Waals surface area contributed by atoms with Crippen molar-refractivity contribution in [3.63, 3.8) is 0 Å². The standard InChI is InChI=1S/C22H31/c1-13(2)20-16-10-17-12-18(20)22(15-8-6-5-7-9-15)19(11-16)21(17)14(3)4/h6-9,13-14,16-22H,10-12H2,1-4H3. The zero-order chi connectivity index (χ0) is 15.4. The van der Waals surface area contributed by atoms with Crippen molar-refractivity contribution in [2.45, 2.75) is 52.9 Å². The molecule has 0 heterocycles. The normalized spacial score (nSPS) is 43.3. The van der Waals surface area contributed by atoms with Gasteiger partial charge in [0.25, 0.3) is 0 Å². The molecule has 0 spiro atoms. The average molecular weight is 295 g/mol. The molecule has 0 heteroatoms. The van der Waals surface area contributed by atoms with Crippen LogP contribution in [0.25, 0.3) is 0 Å². The molecule has 4 saturated carbocycles. The average Bonchev–Trinajstić information content (AvgIpc) is 2.46. The molecule has 1 radical (unpaired) electrons. The van der Waals surface area contributed by atoms with Gasteiger partial charge in [-0.05, 0) is 84.2 Å². The smallest absolute Gasteiger partial charge is 0.00994 e. The first-order valence-electron chi connectivity index (χ1n) is 9.54. The quantitative estimate of drug-likeness (QED) is 0.662. The lowest BCUT2D eigenvalue weighted by Crippen LogP contribution is -2.56. The van der Waals surface area contributed by atoms with Gasteiger partial charge < -0.3 is 0 Å². The first kappa shape index (κ1) is 14.8. The summed E-state index contributed by atoms with van der Waals surface area (Å²) in [4.78, 5) is 0. The van der Waals surface area contributed by atoms with E-state index in [9.17, 15) is 0 Å². The van der Waals surface area contributed by atoms with Crippen LogP contribution in [0.2, 0.25) is 0 Å². The van der Waals surface area contributed by atoms with Gasteiger partial charge in [0.05, 0.1) is 0 Å². The van der Waals surface area contributed by atoms with Gasteiger partial charge in [-0.3, -0.25) is 0 Å². The largest absolute Gasteiger partial charge is 0.0625 e. The summed E-state index contributed by atoms with van der Waals surface area (Å²) < 4.78 is 0. The van der Waals surface area contributed by atoms with E-state index in [1.807, 2.05) is 0 Å². The van der Waals surface area contributed by atoms with Crippen molar-refractivity contribution in [1.29, 1.82) is 0 Å². The van der Waals surface area contributed by atoms with E-state index in [1.165, 1.54) is 19.3 Å². The number of benzene rings is 1. The topological polar surface area (TPSA) is 0 Å². The maximum Gasteiger partial charge on any atom is -0.00994 e. The van der Waals surface area contributed by atoms with Gasteiger partial charge in [0.2, 0.25) is 0 Å². The molecule has 0 amide bonds. The molecule has 0 N–H and O–H groups in total. The fourth-order valence-corrected chi connectivity index (χ4v) is 7.21. The summed E-state index contributed by atoms with van der Waals surface area (Å²) in [5, 5.41) is 0. The van der Waals surface area contributed by atoms with E-state index in [4.69, 9.17) is 0 Å². The molecular weight excluding hydrogens is 264 g/mol. The van der Waals surface area contributed by atoms with E-state index in [2.05, 4.69) is 58.0 Å². The van der Waals surface area contributed by atoms with Crippen LogP contribution in [0.4, 0.5) is 0 Å². The van der Waals surface area contributed by atoms with Crippen LogP contribution >= 0.6 is 0 Å². The van der Waals surface area contributed by atoms with Crippen molar-refractivity contribution in [1.82, 2.24) is 0 Å². The maximum atomic E-state index is 3.22. The summed E-state index contributed by atoms with van der Waals surface area (Å²) in [6, 6.07) is 12.2. The summed E-state index contributed by atoms with van der Waals surface area (Å²) in [6.45, 7) is 9.90. The van der Waals surface area contributed by atoms with Crippen molar-refractivity contribution >= 4 is 0 Å². The Balaban J connectivity index is 1.75. The second-order valence-corrected chi connectivity index (χ2v) is 9.06. The van der Waals surface area contributed by atoms with E-state index in [0.29, 0.717) is 0 Å². The highest BCUT2D eigenvalue weighted by atomic mass is 14.6. The summed E-state index contributed by atoms with van der Waals surface area (Å²) in [7, 11) is 0. The molecule has 0 aliphatic heterocycles. The fourth-order valence-electron chi connectivity index (χ4n) is 7.21. The monoisotopic (exact) mass is 295 g/mol. The van der Waals surface area contributed by atoms with Crippen molar-refractivity contribution in [2.24, 2.45) is 47.3 Å². The summed E-state index contributed by atoms with van der Waals surface area (Å²) in [5.41, 5.74) is 1.61. The maximum absolute atomic E-state index is 3.22. The Morgan fingerprint density at radius 2 is 1.32 bits per heavy atom. The molecule has 1 aromatic carbocycles. The molecule has 0 aromatic heterocycles. The third kappa shape index (κ3) is 2.09. The van der Waals surface area contributed by atoms with Crippen LogP contribution in [0.15, 0.2) is 24.3 Å². The third-order valence-corrected chi connectivity index (χ3v) is 7.42. The van der Waals surface area contributed by atoms with E-state index in [1.54, 1.807) is 5.56 Å². The molecule has 6 atom stereocenters. The second kappa shape index (κ2) is 5.39. The van der Waals surface area contributed by atoms with Crippen LogP contribution < -0.4 is 0 Å². The van der Waals surface area contributed by atoms with Gasteiger partial charge >= 0.3 is 0 Å². The first-order chi connectivity index (χ1) is 10.6. The molecule has 4 fully saturated rings. The van der Waals surface area contributed by atoms with E-state index in [-0.39, 0.29) is 0 Å². The Morgan fingerprint density at radius 3 is 1.77 bits per heavy atom. The van der Waals surface area contributed by atoms with Crippen LogP contribution in [0.1, 0.15) is 58.4 Å². The van der Waals surface area contributed by atoms with Crippen LogP contribution in [0, 0.1) is 53.4 Å². The molecule has 6 unspecified atom stereocenters. The van der Waals surface area contributed by atoms with Crippen LogP contribution in [-0.4, -0.2) is 0 Å². The Hall–Kier alpha value is -0.780. The number of hydrogen-bond donors (Lipinski definition) is 0. The summed E-state index contributed by atoms with van der Waals surface area (Å²) in [5.74, 6) is 8.40. The van der Waals surface area contributed by atoms with Crippen LogP contribution in [0.5, 0.6) is 0 Å². The van der Waals surface area contributed by atoms with Gasteiger partial charge in [0.15, 0.2) is 0 Å². The predicted molar refractivity (Wildman–Crippen MR) is 92.5 cm³/mol. The van der Waals surface area contributed by atoms with Crippen molar-refractivity contribution in [2.75, 3.05) is 0 Å². The first-order valence-corrected chi connectivity index (χ1v) is 9.54. The molecule has 0 nitrogen and oxygen atoms in total. The molecular formula is C22H31. The minimum Gasteiger partial charge on any atom is -0.0625 e. The van der Waals surface area contributed by atoms with Gasteiger partial charge in [-0.1, -0.05) is 52.0 Å². The summed E-state index contributed by atoms with van der Waals surface area (Å²) in [6.07, 6.45) is 4.54. The Bertz CT molecular complexity index is 486. The van der Waals surface area contributed by atoms with Crippen LogP contribution in [0.3, 0.4) is 0 Å². The minimum absolute atomic E-state index is 0.821. The van der Waals surface area contributed by atoms with Crippen molar-refractivity contribution in [3.05, 3.63) is 35.9 Å². The van der Waals surface area contributed by atoms with Gasteiger partial charge in [-0.25, -0.2) is 0 Å². The molecule has 4 aliphatic rings. The SMILES string of the molecule is CC(C)C1C2CC3CC1C(c1cc[c]cc1)C(C2)C3C(C)C. The Labute approximate surface area is 136 Å². The van der Waals surface area contributed by atoms with E-state index in [0.717, 1.165) is 53.3 Å². The molecule has 22 heavy (non-hydrogen) atoms. The number of rotatable bonds is 3. The predicted octanol–water partition coefficient (Wildman–Crippen LogP) is 5.79. The lowest BCUT2D eigenvalue weighted by Gasteiger charge is -2.64. The number of hydrogen-bond acceptors (Lipinski definition) is 0. The molecule has 1 aromatic rings. The van der Waals surface area contributed by atoms with Gasteiger partial charge in [0, 0.05) is 0 Å². The molecule has 4 aliphatic carbocycles. The molecule has 5 rings (SSSR count). The highest BCUT2D eigenvalue weighted by Gasteiger charge is 2.58. The molecule has 4 bridgehead atoms. The zero-order valence-electron chi connectivity index (χ0n) is 14.6. The lowest BCUT2D eigenvalue weighted by atomic mass is 9.41. The highest BCUT2D eigenvalue weighted by molar-refractivity contribution is 5.25. The van der Waals surface area contributed by atoms with Gasteiger partial charge in [-0.15, -0.1) is 0 Å². The Kier molecular flexibility index (Phi) is 3.62. The van der Waals surface area contributed by atoms with Gasteiger partial charge in [-0.2, -0.15) is 0 Å². The highest BCUT2D eigenvalue weighted by Crippen LogP contribution is 2.66. The van der Waals surface area contributed by atoms with Crippen LogP contribution in [-0.2, 0) is 0 Å². The summed E-state index contributed by atoms with van der Waals surface area (Å²) >= 11 is 0.